The molecule has 2 rings (SSSR count). The standard InChI is InChI=1S/C12H15N3O3/c1-2-3-4-5-9(16)15-7-6-12(8-15)10(17)13-11(18)14-12/h2-5H,6-8H2,1H3,(H2,13,14,17,18)/b3-2+,5-4?. The normalized spacial score (nSPS) is 27.5. The number of carbonyl (C=O) groups excluding carboxylic acids is 3. The van der Waals surface area contributed by atoms with Crippen LogP contribution >= 0.6 is 0 Å². The van der Waals surface area contributed by atoms with E-state index in [0.29, 0.717) is 13.0 Å². The van der Waals surface area contributed by atoms with Gasteiger partial charge in [0.15, 0.2) is 0 Å². The zero-order chi connectivity index (χ0) is 13.2. The lowest BCUT2D eigenvalue weighted by atomic mass is 10.00. The van der Waals surface area contributed by atoms with Crippen molar-refractivity contribution < 1.29 is 14.4 Å². The Kier molecular flexibility index (Phi) is 3.18. The summed E-state index contributed by atoms with van der Waals surface area (Å²) in [6, 6.07) is -0.487. The third-order valence-electron chi connectivity index (χ3n) is 3.14. The van der Waals surface area contributed by atoms with Gasteiger partial charge in [0.05, 0.1) is 6.54 Å². The number of hydrogen-bond donors (Lipinski definition) is 2. The van der Waals surface area contributed by atoms with E-state index in [4.69, 9.17) is 0 Å². The fourth-order valence-corrected chi connectivity index (χ4v) is 2.17. The van der Waals surface area contributed by atoms with Gasteiger partial charge >= 0.3 is 6.03 Å². The first-order chi connectivity index (χ1) is 8.57. The summed E-state index contributed by atoms with van der Waals surface area (Å²) in [5.74, 6) is -0.501. The van der Waals surface area contributed by atoms with Gasteiger partial charge in [-0.25, -0.2) is 4.79 Å². The zero-order valence-corrected chi connectivity index (χ0v) is 10.1. The van der Waals surface area contributed by atoms with Crippen LogP contribution in [0.4, 0.5) is 4.79 Å². The third kappa shape index (κ3) is 2.13. The van der Waals surface area contributed by atoms with Gasteiger partial charge in [-0.15, -0.1) is 0 Å². The van der Waals surface area contributed by atoms with Crippen LogP contribution in [0.25, 0.3) is 0 Å². The quantitative estimate of drug-likeness (QED) is 0.408. The molecule has 0 radical (unpaired) electrons. The Hall–Kier alpha value is -2.11. The summed E-state index contributed by atoms with van der Waals surface area (Å²) >= 11 is 0. The predicted octanol–water partition coefficient (Wildman–Crippen LogP) is -0.0708. The van der Waals surface area contributed by atoms with Gasteiger partial charge in [0, 0.05) is 12.6 Å². The second-order valence-corrected chi connectivity index (χ2v) is 4.39. The fourth-order valence-electron chi connectivity index (χ4n) is 2.17. The Bertz CT molecular complexity index is 455. The molecule has 2 saturated heterocycles. The summed E-state index contributed by atoms with van der Waals surface area (Å²) in [4.78, 5) is 36.2. The van der Waals surface area contributed by atoms with Crippen molar-refractivity contribution in [3.63, 3.8) is 0 Å². The molecule has 0 saturated carbocycles. The zero-order valence-electron chi connectivity index (χ0n) is 10.1. The molecule has 0 aromatic carbocycles. The van der Waals surface area contributed by atoms with Crippen LogP contribution in [0.15, 0.2) is 24.3 Å². The Labute approximate surface area is 105 Å². The monoisotopic (exact) mass is 249 g/mol. The van der Waals surface area contributed by atoms with Crippen LogP contribution < -0.4 is 10.6 Å². The van der Waals surface area contributed by atoms with Crippen molar-refractivity contribution in [2.24, 2.45) is 0 Å². The second-order valence-electron chi connectivity index (χ2n) is 4.39. The highest BCUT2D eigenvalue weighted by Crippen LogP contribution is 2.24. The van der Waals surface area contributed by atoms with E-state index in [9.17, 15) is 14.4 Å². The molecular weight excluding hydrogens is 234 g/mol. The number of allylic oxidation sites excluding steroid dienone is 3. The number of likely N-dealkylation sites (tertiary alicyclic amines) is 1. The van der Waals surface area contributed by atoms with E-state index in [1.54, 1.807) is 17.1 Å². The van der Waals surface area contributed by atoms with Crippen LogP contribution in [0.3, 0.4) is 0 Å². The average molecular weight is 249 g/mol. The highest BCUT2D eigenvalue weighted by Gasteiger charge is 2.51. The molecule has 4 amide bonds. The molecule has 1 spiro atoms. The van der Waals surface area contributed by atoms with Gasteiger partial charge in [-0.1, -0.05) is 18.2 Å². The van der Waals surface area contributed by atoms with Crippen molar-refractivity contribution in [2.45, 2.75) is 18.9 Å². The number of nitrogens with one attached hydrogen (secondary N) is 2. The molecule has 1 unspecified atom stereocenters. The molecular formula is C12H15N3O3. The van der Waals surface area contributed by atoms with E-state index in [0.717, 1.165) is 0 Å². The van der Waals surface area contributed by atoms with E-state index in [1.165, 1.54) is 6.08 Å². The van der Waals surface area contributed by atoms with Gasteiger partial charge in [-0.2, -0.15) is 0 Å². The van der Waals surface area contributed by atoms with Crippen molar-refractivity contribution in [2.75, 3.05) is 13.1 Å². The van der Waals surface area contributed by atoms with Gasteiger partial charge in [0.25, 0.3) is 5.91 Å². The van der Waals surface area contributed by atoms with Gasteiger partial charge in [0.2, 0.25) is 5.91 Å². The van der Waals surface area contributed by atoms with Crippen LogP contribution in [0.5, 0.6) is 0 Å². The van der Waals surface area contributed by atoms with Crippen LogP contribution in [0, 0.1) is 0 Å². The van der Waals surface area contributed by atoms with Crippen molar-refractivity contribution in [1.82, 2.24) is 15.5 Å². The molecule has 6 heteroatoms. The first-order valence-corrected chi connectivity index (χ1v) is 5.79. The molecule has 2 aliphatic rings. The summed E-state index contributed by atoms with van der Waals surface area (Å²) in [6.45, 7) is 2.55. The predicted molar refractivity (Wildman–Crippen MR) is 64.6 cm³/mol. The summed E-state index contributed by atoms with van der Waals surface area (Å²) in [5.41, 5.74) is -0.929. The van der Waals surface area contributed by atoms with Gasteiger partial charge in [-0.05, 0) is 13.3 Å². The largest absolute Gasteiger partial charge is 0.336 e. The van der Waals surface area contributed by atoms with Crippen LogP contribution in [0.1, 0.15) is 13.3 Å². The van der Waals surface area contributed by atoms with Crippen molar-refractivity contribution in [3.05, 3.63) is 24.3 Å². The molecule has 0 aliphatic carbocycles. The Morgan fingerprint density at radius 2 is 2.17 bits per heavy atom. The maximum absolute atomic E-state index is 11.8. The van der Waals surface area contributed by atoms with Crippen molar-refractivity contribution >= 4 is 17.8 Å². The highest BCUT2D eigenvalue weighted by atomic mass is 16.2. The molecule has 0 aromatic heterocycles. The van der Waals surface area contributed by atoms with E-state index in [-0.39, 0.29) is 18.4 Å². The van der Waals surface area contributed by atoms with Crippen LogP contribution in [-0.2, 0) is 9.59 Å². The fraction of sp³-hybridized carbons (Fsp3) is 0.417. The number of imide groups is 1. The molecule has 0 bridgehead atoms. The summed E-state index contributed by atoms with van der Waals surface area (Å²) in [6.07, 6.45) is 7.13. The van der Waals surface area contributed by atoms with Crippen LogP contribution in [0.2, 0.25) is 0 Å². The number of urea groups is 1. The van der Waals surface area contributed by atoms with Gasteiger partial charge in [0.1, 0.15) is 5.54 Å². The summed E-state index contributed by atoms with van der Waals surface area (Å²) in [7, 11) is 0. The minimum Gasteiger partial charge on any atom is -0.336 e. The third-order valence-corrected chi connectivity index (χ3v) is 3.14. The Morgan fingerprint density at radius 1 is 1.39 bits per heavy atom. The molecule has 2 N–H and O–H groups in total. The van der Waals surface area contributed by atoms with Gasteiger partial charge < -0.3 is 10.2 Å². The number of hydrogen-bond acceptors (Lipinski definition) is 3. The smallest absolute Gasteiger partial charge is 0.322 e. The number of nitrogens with zero attached hydrogens (tertiary/aromatic N) is 1. The number of rotatable bonds is 2. The van der Waals surface area contributed by atoms with E-state index in [1.807, 2.05) is 13.0 Å². The molecule has 2 fully saturated rings. The molecule has 1 atom stereocenters. The number of carbonyl (C=O) groups is 3. The maximum atomic E-state index is 11.8. The van der Waals surface area contributed by atoms with E-state index < -0.39 is 11.6 Å². The second kappa shape index (κ2) is 4.64. The summed E-state index contributed by atoms with van der Waals surface area (Å²) in [5, 5.41) is 4.80. The first kappa shape index (κ1) is 12.3. The molecule has 2 heterocycles. The lowest BCUT2D eigenvalue weighted by Crippen LogP contribution is -2.49. The summed E-state index contributed by atoms with van der Waals surface area (Å²) < 4.78 is 0. The molecule has 0 aromatic rings. The van der Waals surface area contributed by atoms with Crippen LogP contribution in [-0.4, -0.2) is 41.4 Å². The average Bonchev–Trinajstić information content (AvgIpc) is 2.85. The number of amides is 4. The Morgan fingerprint density at radius 3 is 2.78 bits per heavy atom. The van der Waals surface area contributed by atoms with Crippen molar-refractivity contribution in [3.8, 4) is 0 Å². The van der Waals surface area contributed by atoms with E-state index in [2.05, 4.69) is 10.6 Å². The SMILES string of the molecule is C/C=C/C=CC(=O)N1CCC2(C1)NC(=O)NC2=O. The van der Waals surface area contributed by atoms with Gasteiger partial charge in [-0.3, -0.25) is 14.9 Å². The molecule has 96 valence electrons. The molecule has 2 aliphatic heterocycles. The lowest BCUT2D eigenvalue weighted by molar-refractivity contribution is -0.126. The minimum absolute atomic E-state index is 0.154. The first-order valence-electron chi connectivity index (χ1n) is 5.79. The molecule has 18 heavy (non-hydrogen) atoms. The topological polar surface area (TPSA) is 78.5 Å². The Balaban J connectivity index is 2.02. The van der Waals surface area contributed by atoms with E-state index >= 15 is 0 Å². The molecule has 6 nitrogen and oxygen atoms in total. The van der Waals surface area contributed by atoms with Crippen molar-refractivity contribution in [1.29, 1.82) is 0 Å². The maximum Gasteiger partial charge on any atom is 0.322 e. The highest BCUT2D eigenvalue weighted by molar-refractivity contribution is 6.07. The lowest BCUT2D eigenvalue weighted by Gasteiger charge is -2.20. The minimum atomic E-state index is -0.929.